The lowest BCUT2D eigenvalue weighted by Crippen LogP contribution is -2.32. The van der Waals surface area contributed by atoms with Crippen LogP contribution in [0.2, 0.25) is 0 Å². The van der Waals surface area contributed by atoms with E-state index < -0.39 is 0 Å². The SMILES string of the molecule is C=C(Sc1ccccc1)[C@H]1ON(C)[C@H]2CCCC[C@H]12. The predicted molar refractivity (Wildman–Crippen MR) is 79.8 cm³/mol. The van der Waals surface area contributed by atoms with Gasteiger partial charge in [-0.15, -0.1) is 0 Å². The van der Waals surface area contributed by atoms with Gasteiger partial charge in [0.2, 0.25) is 0 Å². The van der Waals surface area contributed by atoms with Crippen LogP contribution in [0.25, 0.3) is 0 Å². The highest BCUT2D eigenvalue weighted by atomic mass is 32.2. The molecule has 19 heavy (non-hydrogen) atoms. The van der Waals surface area contributed by atoms with Gasteiger partial charge in [0.1, 0.15) is 6.10 Å². The summed E-state index contributed by atoms with van der Waals surface area (Å²) in [6.07, 6.45) is 5.38. The van der Waals surface area contributed by atoms with Crippen molar-refractivity contribution in [1.29, 1.82) is 0 Å². The molecule has 102 valence electrons. The first-order valence-electron chi connectivity index (χ1n) is 7.07. The fourth-order valence-electron chi connectivity index (χ4n) is 3.28. The van der Waals surface area contributed by atoms with Crippen LogP contribution in [0.5, 0.6) is 0 Å². The molecule has 3 rings (SSSR count). The number of benzene rings is 1. The van der Waals surface area contributed by atoms with Gasteiger partial charge in [0.15, 0.2) is 0 Å². The van der Waals surface area contributed by atoms with Crippen molar-refractivity contribution in [3.8, 4) is 0 Å². The maximum Gasteiger partial charge on any atom is 0.114 e. The molecule has 1 aromatic carbocycles. The van der Waals surface area contributed by atoms with Gasteiger partial charge in [-0.05, 0) is 25.0 Å². The lowest BCUT2D eigenvalue weighted by atomic mass is 9.82. The van der Waals surface area contributed by atoms with Gasteiger partial charge in [-0.25, -0.2) is 0 Å². The quantitative estimate of drug-likeness (QED) is 0.771. The lowest BCUT2D eigenvalue weighted by molar-refractivity contribution is -0.132. The summed E-state index contributed by atoms with van der Waals surface area (Å²) < 4.78 is 0. The third-order valence-electron chi connectivity index (χ3n) is 4.23. The van der Waals surface area contributed by atoms with Gasteiger partial charge in [0.05, 0.1) is 0 Å². The van der Waals surface area contributed by atoms with Crippen molar-refractivity contribution in [2.45, 2.75) is 42.7 Å². The molecule has 0 bridgehead atoms. The van der Waals surface area contributed by atoms with Crippen LogP contribution in [-0.4, -0.2) is 24.3 Å². The minimum absolute atomic E-state index is 0.181. The van der Waals surface area contributed by atoms with E-state index in [1.54, 1.807) is 11.8 Å². The molecule has 0 radical (unpaired) electrons. The van der Waals surface area contributed by atoms with Gasteiger partial charge >= 0.3 is 0 Å². The molecule has 0 aromatic heterocycles. The van der Waals surface area contributed by atoms with Crippen molar-refractivity contribution >= 4 is 11.8 Å². The minimum Gasteiger partial charge on any atom is -0.290 e. The van der Waals surface area contributed by atoms with Crippen molar-refractivity contribution < 1.29 is 4.84 Å². The molecule has 0 spiro atoms. The Bertz CT molecular complexity index is 447. The van der Waals surface area contributed by atoms with Gasteiger partial charge in [0, 0.05) is 28.8 Å². The maximum atomic E-state index is 6.06. The second-order valence-corrected chi connectivity index (χ2v) is 6.67. The number of hydrogen-bond acceptors (Lipinski definition) is 3. The number of hydrogen-bond donors (Lipinski definition) is 0. The molecule has 0 unspecified atom stereocenters. The van der Waals surface area contributed by atoms with Crippen LogP contribution >= 0.6 is 11.8 Å². The molecular formula is C16H21NOS. The van der Waals surface area contributed by atoms with E-state index in [9.17, 15) is 0 Å². The number of nitrogens with zero attached hydrogens (tertiary/aromatic N) is 1. The van der Waals surface area contributed by atoms with E-state index in [0.717, 1.165) is 4.91 Å². The molecule has 1 saturated heterocycles. The zero-order valence-corrected chi connectivity index (χ0v) is 12.2. The van der Waals surface area contributed by atoms with Crippen LogP contribution in [0.1, 0.15) is 25.7 Å². The molecule has 1 aliphatic carbocycles. The van der Waals surface area contributed by atoms with E-state index in [1.165, 1.54) is 30.6 Å². The fraction of sp³-hybridized carbons (Fsp3) is 0.500. The summed E-state index contributed by atoms with van der Waals surface area (Å²) in [6, 6.07) is 11.0. The average molecular weight is 275 g/mol. The van der Waals surface area contributed by atoms with Crippen molar-refractivity contribution in [3.05, 3.63) is 41.8 Å². The average Bonchev–Trinajstić information content (AvgIpc) is 2.78. The van der Waals surface area contributed by atoms with E-state index in [-0.39, 0.29) is 6.10 Å². The predicted octanol–water partition coefficient (Wildman–Crippen LogP) is 4.10. The highest BCUT2D eigenvalue weighted by molar-refractivity contribution is 8.03. The third-order valence-corrected chi connectivity index (χ3v) is 5.23. The molecule has 1 saturated carbocycles. The minimum atomic E-state index is 0.181. The Balaban J connectivity index is 1.70. The van der Waals surface area contributed by atoms with Crippen LogP contribution in [0.4, 0.5) is 0 Å². The highest BCUT2D eigenvalue weighted by Crippen LogP contribution is 2.43. The molecule has 2 aliphatic rings. The van der Waals surface area contributed by atoms with Crippen LogP contribution in [0.3, 0.4) is 0 Å². The normalized spacial score (nSPS) is 31.1. The molecule has 1 aromatic rings. The van der Waals surface area contributed by atoms with Gasteiger partial charge in [0.25, 0.3) is 0 Å². The second kappa shape index (κ2) is 5.70. The number of rotatable bonds is 3. The fourth-order valence-corrected chi connectivity index (χ4v) is 4.21. The summed E-state index contributed by atoms with van der Waals surface area (Å²) in [5.74, 6) is 0.627. The summed E-state index contributed by atoms with van der Waals surface area (Å²) in [7, 11) is 2.07. The van der Waals surface area contributed by atoms with Crippen LogP contribution in [-0.2, 0) is 4.84 Å². The van der Waals surface area contributed by atoms with Gasteiger partial charge in [-0.1, -0.05) is 49.4 Å². The Morgan fingerprint density at radius 2 is 2.00 bits per heavy atom. The van der Waals surface area contributed by atoms with E-state index in [4.69, 9.17) is 4.84 Å². The van der Waals surface area contributed by atoms with Crippen LogP contribution < -0.4 is 0 Å². The van der Waals surface area contributed by atoms with E-state index in [0.29, 0.717) is 12.0 Å². The molecule has 2 nitrogen and oxygen atoms in total. The first kappa shape index (κ1) is 13.2. The van der Waals surface area contributed by atoms with Crippen molar-refractivity contribution in [3.63, 3.8) is 0 Å². The number of hydroxylamine groups is 2. The zero-order valence-electron chi connectivity index (χ0n) is 11.4. The number of fused-ring (bicyclic) bond motifs is 1. The molecule has 1 heterocycles. The van der Waals surface area contributed by atoms with Crippen molar-refractivity contribution in [1.82, 2.24) is 5.06 Å². The van der Waals surface area contributed by atoms with Gasteiger partial charge in [-0.2, -0.15) is 5.06 Å². The van der Waals surface area contributed by atoms with Crippen molar-refractivity contribution in [2.75, 3.05) is 7.05 Å². The second-order valence-electron chi connectivity index (χ2n) is 5.47. The third kappa shape index (κ3) is 2.73. The van der Waals surface area contributed by atoms with E-state index >= 15 is 0 Å². The highest BCUT2D eigenvalue weighted by Gasteiger charge is 2.43. The molecular weight excluding hydrogens is 254 g/mol. The Kier molecular flexibility index (Phi) is 3.96. The monoisotopic (exact) mass is 275 g/mol. The smallest absolute Gasteiger partial charge is 0.114 e. The Morgan fingerprint density at radius 1 is 1.26 bits per heavy atom. The van der Waals surface area contributed by atoms with Crippen LogP contribution in [0, 0.1) is 5.92 Å². The van der Waals surface area contributed by atoms with Crippen molar-refractivity contribution in [2.24, 2.45) is 5.92 Å². The zero-order chi connectivity index (χ0) is 13.2. The van der Waals surface area contributed by atoms with Gasteiger partial charge in [-0.3, -0.25) is 4.84 Å². The molecule has 1 aliphatic heterocycles. The van der Waals surface area contributed by atoms with E-state index in [1.807, 2.05) is 6.07 Å². The molecule has 0 amide bonds. The molecule has 3 heteroatoms. The molecule has 2 fully saturated rings. The summed E-state index contributed by atoms with van der Waals surface area (Å²) >= 11 is 1.75. The first-order chi connectivity index (χ1) is 9.25. The topological polar surface area (TPSA) is 12.5 Å². The summed E-state index contributed by atoms with van der Waals surface area (Å²) in [6.45, 7) is 4.27. The van der Waals surface area contributed by atoms with Gasteiger partial charge < -0.3 is 0 Å². The Morgan fingerprint density at radius 3 is 2.79 bits per heavy atom. The molecule has 0 N–H and O–H groups in total. The molecule has 3 atom stereocenters. The largest absolute Gasteiger partial charge is 0.290 e. The van der Waals surface area contributed by atoms with Crippen LogP contribution in [0.15, 0.2) is 46.7 Å². The standard InChI is InChI=1S/C16H21NOS/c1-12(19-13-8-4-3-5-9-13)16-14-10-6-7-11-15(14)17(2)18-16/h3-5,8-9,14-16H,1,6-7,10-11H2,2H3/t14-,15-,16+/m0/s1. The lowest BCUT2D eigenvalue weighted by Gasteiger charge is -2.28. The Hall–Kier alpha value is -0.770. The first-order valence-corrected chi connectivity index (χ1v) is 7.88. The summed E-state index contributed by atoms with van der Waals surface area (Å²) in [5.41, 5.74) is 0. The summed E-state index contributed by atoms with van der Waals surface area (Å²) in [5, 5.41) is 2.07. The summed E-state index contributed by atoms with van der Waals surface area (Å²) in [4.78, 5) is 8.45. The van der Waals surface area contributed by atoms with E-state index in [2.05, 4.69) is 43.0 Å². The Labute approximate surface area is 119 Å². The number of thioether (sulfide) groups is 1. The maximum absolute atomic E-state index is 6.06.